The normalized spacial score (nSPS) is 16.8. The predicted octanol–water partition coefficient (Wildman–Crippen LogP) is 2.68. The molecule has 1 atom stereocenters. The van der Waals surface area contributed by atoms with E-state index in [-0.39, 0.29) is 11.6 Å². The number of fused-ring (bicyclic) bond motifs is 1. The molecule has 1 aliphatic rings. The Balaban J connectivity index is 2.10. The first-order chi connectivity index (χ1) is 9.16. The highest BCUT2D eigenvalue weighted by Gasteiger charge is 2.32. The Kier molecular flexibility index (Phi) is 2.52. The molecule has 0 bridgehead atoms. The Hall–Kier alpha value is -2.69. The quantitative estimate of drug-likeness (QED) is 0.661. The third-order valence-corrected chi connectivity index (χ3v) is 3.21. The number of carbonyl (C=O) groups is 1. The molecule has 0 aromatic heterocycles. The van der Waals surface area contributed by atoms with Crippen LogP contribution in [-0.2, 0) is 4.79 Å². The number of hydrogen-bond donors (Lipinski definition) is 1. The van der Waals surface area contributed by atoms with Crippen molar-refractivity contribution in [1.82, 2.24) is 0 Å². The van der Waals surface area contributed by atoms with Crippen LogP contribution in [0.4, 0.5) is 11.4 Å². The zero-order chi connectivity index (χ0) is 13.4. The molecule has 0 radical (unpaired) electrons. The van der Waals surface area contributed by atoms with Gasteiger partial charge in [0.05, 0.1) is 10.8 Å². The van der Waals surface area contributed by atoms with E-state index >= 15 is 0 Å². The topological polar surface area (TPSA) is 72.2 Å². The van der Waals surface area contributed by atoms with Crippen LogP contribution in [0.15, 0.2) is 48.5 Å². The molecule has 2 aromatic carbocycles. The Morgan fingerprint density at radius 3 is 2.68 bits per heavy atom. The van der Waals surface area contributed by atoms with Crippen LogP contribution in [0.25, 0.3) is 0 Å². The number of benzene rings is 2. The van der Waals surface area contributed by atoms with Crippen molar-refractivity contribution in [2.75, 3.05) is 5.32 Å². The van der Waals surface area contributed by atoms with Gasteiger partial charge in [-0.3, -0.25) is 14.9 Å². The number of para-hydroxylation sites is 1. The molecule has 5 heteroatoms. The molecule has 0 aliphatic carbocycles. The summed E-state index contributed by atoms with van der Waals surface area (Å²) in [5.74, 6) is -0.627. The molecule has 0 spiro atoms. The second-order valence-corrected chi connectivity index (χ2v) is 4.36. The lowest BCUT2D eigenvalue weighted by Crippen LogP contribution is -2.13. The fraction of sp³-hybridized carbons (Fsp3) is 0.0714. The van der Waals surface area contributed by atoms with E-state index in [1.54, 1.807) is 12.1 Å². The predicted molar refractivity (Wildman–Crippen MR) is 70.0 cm³/mol. The van der Waals surface area contributed by atoms with Crippen LogP contribution in [0.3, 0.4) is 0 Å². The fourth-order valence-electron chi connectivity index (χ4n) is 2.36. The lowest BCUT2D eigenvalue weighted by Gasteiger charge is -2.08. The molecule has 94 valence electrons. The van der Waals surface area contributed by atoms with Crippen LogP contribution in [0.5, 0.6) is 0 Å². The van der Waals surface area contributed by atoms with Gasteiger partial charge in [-0.2, -0.15) is 0 Å². The van der Waals surface area contributed by atoms with Crippen molar-refractivity contribution in [1.29, 1.82) is 0 Å². The highest BCUT2D eigenvalue weighted by molar-refractivity contribution is 6.05. The number of nitrogens with one attached hydrogen (secondary N) is 1. The average Bonchev–Trinajstić information content (AvgIpc) is 2.74. The maximum absolute atomic E-state index is 12.0. The number of nitrogens with zero attached hydrogens (tertiary/aromatic N) is 1. The third kappa shape index (κ3) is 1.85. The van der Waals surface area contributed by atoms with Crippen molar-refractivity contribution in [3.63, 3.8) is 0 Å². The molecule has 5 nitrogen and oxygen atoms in total. The van der Waals surface area contributed by atoms with Gasteiger partial charge in [0.1, 0.15) is 0 Å². The number of nitro groups is 1. The van der Waals surface area contributed by atoms with Crippen molar-refractivity contribution >= 4 is 17.3 Å². The maximum atomic E-state index is 12.0. The van der Waals surface area contributed by atoms with E-state index in [2.05, 4.69) is 5.32 Å². The summed E-state index contributed by atoms with van der Waals surface area (Å²) in [5, 5.41) is 13.6. The molecule has 0 saturated heterocycles. The number of anilines is 1. The number of amides is 1. The Labute approximate surface area is 109 Å². The smallest absolute Gasteiger partial charge is 0.269 e. The molecule has 0 saturated carbocycles. The van der Waals surface area contributed by atoms with Crippen LogP contribution in [0.1, 0.15) is 17.0 Å². The van der Waals surface area contributed by atoms with E-state index in [0.29, 0.717) is 5.56 Å². The van der Waals surface area contributed by atoms with E-state index in [4.69, 9.17) is 0 Å². The first-order valence-electron chi connectivity index (χ1n) is 5.81. The number of non-ortho nitro benzene ring substituents is 1. The molecule has 1 N–H and O–H groups in total. The van der Waals surface area contributed by atoms with E-state index in [0.717, 1.165) is 11.3 Å². The monoisotopic (exact) mass is 254 g/mol. The summed E-state index contributed by atoms with van der Waals surface area (Å²) in [6.45, 7) is 0. The summed E-state index contributed by atoms with van der Waals surface area (Å²) >= 11 is 0. The van der Waals surface area contributed by atoms with E-state index < -0.39 is 10.8 Å². The largest absolute Gasteiger partial charge is 0.325 e. The second-order valence-electron chi connectivity index (χ2n) is 4.36. The Bertz CT molecular complexity index is 682. The molecular formula is C14H10N2O3. The maximum Gasteiger partial charge on any atom is 0.269 e. The summed E-state index contributed by atoms with van der Waals surface area (Å²) in [5.41, 5.74) is 2.25. The Morgan fingerprint density at radius 2 is 1.89 bits per heavy atom. The summed E-state index contributed by atoms with van der Waals surface area (Å²) < 4.78 is 0. The van der Waals surface area contributed by atoms with Crippen LogP contribution in [0.2, 0.25) is 0 Å². The number of hydrogen-bond acceptors (Lipinski definition) is 3. The minimum absolute atomic E-state index is 0.00492. The van der Waals surface area contributed by atoms with Gasteiger partial charge >= 0.3 is 0 Å². The summed E-state index contributed by atoms with van der Waals surface area (Å²) in [4.78, 5) is 22.4. The molecule has 1 unspecified atom stereocenters. The van der Waals surface area contributed by atoms with Gasteiger partial charge in [-0.05, 0) is 17.2 Å². The highest BCUT2D eigenvalue weighted by Crippen LogP contribution is 2.37. The van der Waals surface area contributed by atoms with Crippen molar-refractivity contribution in [2.45, 2.75) is 5.92 Å². The fourth-order valence-corrected chi connectivity index (χ4v) is 2.36. The zero-order valence-electron chi connectivity index (χ0n) is 9.87. The minimum atomic E-state index is -0.476. The van der Waals surface area contributed by atoms with Crippen LogP contribution >= 0.6 is 0 Å². The lowest BCUT2D eigenvalue weighted by molar-refractivity contribution is -0.384. The molecular weight excluding hydrogens is 244 g/mol. The first-order valence-corrected chi connectivity index (χ1v) is 5.81. The summed E-state index contributed by atoms with van der Waals surface area (Å²) in [7, 11) is 0. The van der Waals surface area contributed by atoms with E-state index in [1.807, 2.05) is 24.3 Å². The average molecular weight is 254 g/mol. The van der Waals surface area contributed by atoms with Crippen molar-refractivity contribution in [3.8, 4) is 0 Å². The molecule has 1 heterocycles. The van der Waals surface area contributed by atoms with E-state index in [9.17, 15) is 14.9 Å². The van der Waals surface area contributed by atoms with Gasteiger partial charge in [0.15, 0.2) is 0 Å². The lowest BCUT2D eigenvalue weighted by atomic mass is 9.92. The molecule has 1 aliphatic heterocycles. The number of nitro benzene ring substituents is 1. The molecule has 0 fully saturated rings. The van der Waals surface area contributed by atoms with Gasteiger partial charge < -0.3 is 5.32 Å². The first kappa shape index (κ1) is 11.4. The minimum Gasteiger partial charge on any atom is -0.325 e. The van der Waals surface area contributed by atoms with Gasteiger partial charge in [0, 0.05) is 17.8 Å². The van der Waals surface area contributed by atoms with Gasteiger partial charge in [0.2, 0.25) is 5.91 Å². The number of carbonyl (C=O) groups excluding carboxylic acids is 1. The molecule has 19 heavy (non-hydrogen) atoms. The van der Waals surface area contributed by atoms with Gasteiger partial charge in [-0.1, -0.05) is 30.3 Å². The second kappa shape index (κ2) is 4.20. The van der Waals surface area contributed by atoms with Gasteiger partial charge in [-0.25, -0.2) is 0 Å². The van der Waals surface area contributed by atoms with Crippen molar-refractivity contribution < 1.29 is 9.72 Å². The van der Waals surface area contributed by atoms with Crippen LogP contribution in [0, 0.1) is 10.1 Å². The van der Waals surface area contributed by atoms with Crippen LogP contribution in [-0.4, -0.2) is 10.8 Å². The summed E-state index contributed by atoms with van der Waals surface area (Å²) in [6.07, 6.45) is 0. The summed E-state index contributed by atoms with van der Waals surface area (Å²) in [6, 6.07) is 13.6. The zero-order valence-corrected chi connectivity index (χ0v) is 9.87. The molecule has 2 aromatic rings. The van der Waals surface area contributed by atoms with E-state index in [1.165, 1.54) is 12.1 Å². The van der Waals surface area contributed by atoms with Crippen LogP contribution < -0.4 is 5.32 Å². The molecule has 3 rings (SSSR count). The highest BCUT2D eigenvalue weighted by atomic mass is 16.6. The molecule has 1 amide bonds. The van der Waals surface area contributed by atoms with Crippen molar-refractivity contribution in [2.24, 2.45) is 0 Å². The standard InChI is InChI=1S/C14H10N2O3/c17-14-13(11-6-1-2-7-12(11)15-14)9-4-3-5-10(8-9)16(18)19/h1-8,13H,(H,15,17). The third-order valence-electron chi connectivity index (χ3n) is 3.21. The van der Waals surface area contributed by atoms with Gasteiger partial charge in [0.25, 0.3) is 5.69 Å². The SMILES string of the molecule is O=C1Nc2ccccc2C1c1cccc([N+](=O)[O-])c1. The van der Waals surface area contributed by atoms with Crippen molar-refractivity contribution in [3.05, 3.63) is 69.8 Å². The number of rotatable bonds is 2. The Morgan fingerprint density at radius 1 is 1.11 bits per heavy atom. The van der Waals surface area contributed by atoms with Gasteiger partial charge in [-0.15, -0.1) is 0 Å².